The lowest BCUT2D eigenvalue weighted by atomic mass is 10.2. The second kappa shape index (κ2) is 7.60. The predicted octanol–water partition coefficient (Wildman–Crippen LogP) is 2.30. The molecule has 0 spiro atoms. The second-order valence-corrected chi connectivity index (χ2v) is 6.09. The second-order valence-electron chi connectivity index (χ2n) is 6.09. The number of nitrogens with zero attached hydrogens (tertiary/aromatic N) is 2. The number of likely N-dealkylation sites (N-methyl/N-ethyl adjacent to an activating group) is 1. The summed E-state index contributed by atoms with van der Waals surface area (Å²) in [4.78, 5) is 6.64. The van der Waals surface area contributed by atoms with Crippen LogP contribution in [0.2, 0.25) is 0 Å². The fraction of sp³-hybridized carbons (Fsp3) is 0.688. The summed E-state index contributed by atoms with van der Waals surface area (Å²) in [7, 11) is 2.17. The predicted molar refractivity (Wildman–Crippen MR) is 81.9 cm³/mol. The molecule has 0 bridgehead atoms. The van der Waals surface area contributed by atoms with Gasteiger partial charge in [-0.2, -0.15) is 0 Å². The van der Waals surface area contributed by atoms with Crippen molar-refractivity contribution in [2.75, 3.05) is 26.7 Å². The summed E-state index contributed by atoms with van der Waals surface area (Å²) >= 11 is 0. The monoisotopic (exact) mass is 277 g/mol. The standard InChI is InChI=1S/C16H27N3O/c1-13(2)11-17-12-14-6-7-18-16(10-14)20-9-8-19(3)15-4-5-15/h6-7,10,13,15,17H,4-5,8-9,11-12H2,1-3H3. The van der Waals surface area contributed by atoms with Crippen LogP contribution in [0.15, 0.2) is 18.3 Å². The van der Waals surface area contributed by atoms with Crippen LogP contribution in [0.5, 0.6) is 5.88 Å². The molecule has 1 aliphatic rings. The number of nitrogens with one attached hydrogen (secondary N) is 1. The van der Waals surface area contributed by atoms with Gasteiger partial charge in [-0.25, -0.2) is 4.98 Å². The van der Waals surface area contributed by atoms with Gasteiger partial charge >= 0.3 is 0 Å². The molecule has 112 valence electrons. The van der Waals surface area contributed by atoms with E-state index in [1.165, 1.54) is 18.4 Å². The third-order valence-electron chi connectivity index (χ3n) is 3.55. The molecule has 1 aromatic rings. The molecule has 0 aliphatic heterocycles. The Morgan fingerprint density at radius 2 is 2.25 bits per heavy atom. The lowest BCUT2D eigenvalue weighted by molar-refractivity contribution is 0.226. The van der Waals surface area contributed by atoms with Crippen molar-refractivity contribution < 1.29 is 4.74 Å². The van der Waals surface area contributed by atoms with Crippen LogP contribution < -0.4 is 10.1 Å². The van der Waals surface area contributed by atoms with Crippen molar-refractivity contribution in [2.24, 2.45) is 5.92 Å². The normalized spacial score (nSPS) is 15.1. The van der Waals surface area contributed by atoms with Gasteiger partial charge in [-0.05, 0) is 44.0 Å². The van der Waals surface area contributed by atoms with Crippen molar-refractivity contribution in [1.82, 2.24) is 15.2 Å². The molecule has 0 atom stereocenters. The van der Waals surface area contributed by atoms with Gasteiger partial charge in [0.2, 0.25) is 5.88 Å². The Morgan fingerprint density at radius 1 is 1.45 bits per heavy atom. The van der Waals surface area contributed by atoms with E-state index in [9.17, 15) is 0 Å². The lowest BCUT2D eigenvalue weighted by Gasteiger charge is -2.15. The van der Waals surface area contributed by atoms with Gasteiger partial charge in [0.05, 0.1) is 0 Å². The molecule has 0 amide bonds. The molecule has 4 nitrogen and oxygen atoms in total. The van der Waals surface area contributed by atoms with Gasteiger partial charge in [0.1, 0.15) is 6.61 Å². The third-order valence-corrected chi connectivity index (χ3v) is 3.55. The minimum atomic E-state index is 0.672. The maximum absolute atomic E-state index is 5.74. The third kappa shape index (κ3) is 5.47. The molecule has 1 aliphatic carbocycles. The minimum Gasteiger partial charge on any atom is -0.476 e. The highest BCUT2D eigenvalue weighted by Crippen LogP contribution is 2.24. The molecule has 0 unspecified atom stereocenters. The van der Waals surface area contributed by atoms with E-state index in [4.69, 9.17) is 4.74 Å². The summed E-state index contributed by atoms with van der Waals surface area (Å²) in [5.41, 5.74) is 1.23. The Labute approximate surface area is 122 Å². The van der Waals surface area contributed by atoms with Crippen LogP contribution in [0, 0.1) is 5.92 Å². The summed E-state index contributed by atoms with van der Waals surface area (Å²) in [5, 5.41) is 3.43. The molecule has 1 N–H and O–H groups in total. The molecule has 4 heteroatoms. The first kappa shape index (κ1) is 15.3. The maximum atomic E-state index is 5.74. The molecule has 20 heavy (non-hydrogen) atoms. The number of aromatic nitrogens is 1. The Balaban J connectivity index is 1.70. The average Bonchev–Trinajstić information content (AvgIpc) is 3.23. The Morgan fingerprint density at radius 3 is 2.95 bits per heavy atom. The van der Waals surface area contributed by atoms with Crippen molar-refractivity contribution in [3.05, 3.63) is 23.9 Å². The zero-order valence-electron chi connectivity index (χ0n) is 12.9. The maximum Gasteiger partial charge on any atom is 0.213 e. The van der Waals surface area contributed by atoms with E-state index < -0.39 is 0 Å². The van der Waals surface area contributed by atoms with Crippen LogP contribution in [0.25, 0.3) is 0 Å². The lowest BCUT2D eigenvalue weighted by Crippen LogP contribution is -2.26. The molecule has 1 aromatic heterocycles. The molecule has 2 rings (SSSR count). The molecular formula is C16H27N3O. The van der Waals surface area contributed by atoms with Crippen molar-refractivity contribution in [3.63, 3.8) is 0 Å². The van der Waals surface area contributed by atoms with Gasteiger partial charge < -0.3 is 15.0 Å². The van der Waals surface area contributed by atoms with Gasteiger partial charge in [0.15, 0.2) is 0 Å². The fourth-order valence-corrected chi connectivity index (χ4v) is 2.14. The quantitative estimate of drug-likeness (QED) is 0.751. The van der Waals surface area contributed by atoms with Gasteiger partial charge in [-0.1, -0.05) is 13.8 Å². The molecule has 1 heterocycles. The van der Waals surface area contributed by atoms with Crippen molar-refractivity contribution in [1.29, 1.82) is 0 Å². The van der Waals surface area contributed by atoms with Gasteiger partial charge in [-0.15, -0.1) is 0 Å². The van der Waals surface area contributed by atoms with Crippen LogP contribution >= 0.6 is 0 Å². The summed E-state index contributed by atoms with van der Waals surface area (Å²) in [5.74, 6) is 1.41. The van der Waals surface area contributed by atoms with E-state index >= 15 is 0 Å². The number of ether oxygens (including phenoxy) is 1. The zero-order chi connectivity index (χ0) is 14.4. The van der Waals surface area contributed by atoms with Crippen LogP contribution in [0.4, 0.5) is 0 Å². The SMILES string of the molecule is CC(C)CNCc1ccnc(OCCN(C)C2CC2)c1. The summed E-state index contributed by atoms with van der Waals surface area (Å²) in [6.45, 7) is 8.02. The van der Waals surface area contributed by atoms with Crippen molar-refractivity contribution >= 4 is 0 Å². The van der Waals surface area contributed by atoms with E-state index in [1.807, 2.05) is 18.3 Å². The first-order valence-electron chi connectivity index (χ1n) is 7.64. The first-order chi connectivity index (χ1) is 9.65. The summed E-state index contributed by atoms with van der Waals surface area (Å²) in [6.07, 6.45) is 4.50. The van der Waals surface area contributed by atoms with Crippen molar-refractivity contribution in [3.8, 4) is 5.88 Å². The molecule has 0 aromatic carbocycles. The molecular weight excluding hydrogens is 250 g/mol. The Kier molecular flexibility index (Phi) is 5.80. The largest absolute Gasteiger partial charge is 0.476 e. The average molecular weight is 277 g/mol. The number of hydrogen-bond acceptors (Lipinski definition) is 4. The Hall–Kier alpha value is -1.13. The zero-order valence-corrected chi connectivity index (χ0v) is 12.9. The van der Waals surface area contributed by atoms with E-state index in [1.54, 1.807) is 0 Å². The number of pyridine rings is 1. The number of rotatable bonds is 9. The van der Waals surface area contributed by atoms with E-state index in [0.717, 1.165) is 31.6 Å². The summed E-state index contributed by atoms with van der Waals surface area (Å²) < 4.78 is 5.74. The van der Waals surface area contributed by atoms with Crippen LogP contribution in [0.1, 0.15) is 32.3 Å². The van der Waals surface area contributed by atoms with Gasteiger partial charge in [-0.3, -0.25) is 0 Å². The minimum absolute atomic E-state index is 0.672. The van der Waals surface area contributed by atoms with Crippen LogP contribution in [-0.4, -0.2) is 42.7 Å². The highest BCUT2D eigenvalue weighted by Gasteiger charge is 2.25. The molecule has 1 fully saturated rings. The van der Waals surface area contributed by atoms with E-state index in [2.05, 4.69) is 36.1 Å². The fourth-order valence-electron chi connectivity index (χ4n) is 2.14. The van der Waals surface area contributed by atoms with Crippen LogP contribution in [-0.2, 0) is 6.54 Å². The molecule has 1 saturated carbocycles. The number of hydrogen-bond donors (Lipinski definition) is 1. The Bertz CT molecular complexity index is 404. The van der Waals surface area contributed by atoms with E-state index in [-0.39, 0.29) is 0 Å². The first-order valence-corrected chi connectivity index (χ1v) is 7.64. The van der Waals surface area contributed by atoms with Gasteiger partial charge in [0, 0.05) is 31.4 Å². The van der Waals surface area contributed by atoms with Crippen LogP contribution in [0.3, 0.4) is 0 Å². The molecule has 0 saturated heterocycles. The smallest absolute Gasteiger partial charge is 0.213 e. The van der Waals surface area contributed by atoms with Gasteiger partial charge in [0.25, 0.3) is 0 Å². The van der Waals surface area contributed by atoms with Crippen molar-refractivity contribution in [2.45, 2.75) is 39.3 Å². The summed E-state index contributed by atoms with van der Waals surface area (Å²) in [6, 6.07) is 4.86. The molecule has 0 radical (unpaired) electrons. The highest BCUT2D eigenvalue weighted by molar-refractivity contribution is 5.20. The highest BCUT2D eigenvalue weighted by atomic mass is 16.5. The topological polar surface area (TPSA) is 37.4 Å². The van der Waals surface area contributed by atoms with E-state index in [0.29, 0.717) is 12.5 Å².